The molecule has 3 nitrogen and oxygen atoms in total. The molecule has 0 aromatic heterocycles. The second kappa shape index (κ2) is 1.35. The Labute approximate surface area is 30.7 Å². The number of hydrogen-bond acceptors (Lipinski definition) is 3. The molecule has 0 bridgehead atoms. The normalized spacial score (nSPS) is 24.0. The Bertz CT molecular complexity index is 16.5. The number of nitrogens with one attached hydrogen (secondary N) is 3. The molecule has 1 fully saturated rings. The fourth-order valence-electron chi connectivity index (χ4n) is 0.156. The Morgan fingerprint density at radius 3 is 1.80 bits per heavy atom. The van der Waals surface area contributed by atoms with Crippen molar-refractivity contribution in [2.24, 2.45) is 0 Å². The highest BCUT2D eigenvalue weighted by Crippen LogP contribution is 1.71. The summed E-state index contributed by atoms with van der Waals surface area (Å²) in [6, 6.07) is 0. The van der Waals surface area contributed by atoms with E-state index in [0.717, 1.165) is 0 Å². The van der Waals surface area contributed by atoms with Gasteiger partial charge in [0, 0.05) is 0 Å². The molecule has 3 heteroatoms. The van der Waals surface area contributed by atoms with Crippen LogP contribution < -0.4 is 16.4 Å². The average molecular weight is 69.1 g/mol. The van der Waals surface area contributed by atoms with Gasteiger partial charge in [-0.2, -0.15) is 5.53 Å². The molecule has 0 spiro atoms. The van der Waals surface area contributed by atoms with Gasteiger partial charge >= 0.3 is 0 Å². The van der Waals surface area contributed by atoms with Crippen LogP contribution in [0.25, 0.3) is 0 Å². The minimum Gasteiger partial charge on any atom is -0.232 e. The Balaban J connectivity index is 2.08. The van der Waals surface area contributed by atoms with Crippen molar-refractivity contribution < 1.29 is 0 Å². The molecule has 0 aliphatic carbocycles. The van der Waals surface area contributed by atoms with Gasteiger partial charge in [-0.1, -0.05) is 0 Å². The molecule has 0 aromatic rings. The molecule has 0 unspecified atom stereocenters. The van der Waals surface area contributed by atoms with Crippen LogP contribution in [-0.2, 0) is 0 Å². The summed E-state index contributed by atoms with van der Waals surface area (Å²) in [5.41, 5.74) is 7.50. The zero-order valence-corrected chi connectivity index (χ0v) is 2.50. The maximum Gasteiger partial charge on any atom is 0.104 e. The first-order chi connectivity index (χ1) is 2.50. The van der Waals surface area contributed by atoms with Gasteiger partial charge in [-0.05, 0) is 0 Å². The van der Waals surface area contributed by atoms with Crippen LogP contribution in [0.5, 0.6) is 0 Å². The standard InChI is InChI=1S/C2H3N3/c1-2-4-5-3-1/h3-5H. The first-order valence-corrected chi connectivity index (χ1v) is 1.25. The molecule has 0 aromatic carbocycles. The van der Waals surface area contributed by atoms with E-state index in [1.54, 1.807) is 0 Å². The fourth-order valence-corrected chi connectivity index (χ4v) is 0.156. The first-order valence-electron chi connectivity index (χ1n) is 1.25. The highest BCUT2D eigenvalue weighted by Gasteiger charge is 1.93. The molecule has 0 saturated carbocycles. The van der Waals surface area contributed by atoms with Gasteiger partial charge < -0.3 is 0 Å². The predicted octanol–water partition coefficient (Wildman–Crippen LogP) is -1.32. The van der Waals surface area contributed by atoms with Crippen LogP contribution in [0, 0.1) is 13.1 Å². The van der Waals surface area contributed by atoms with Crippen LogP contribution in [0.15, 0.2) is 0 Å². The molecule has 1 rings (SSSR count). The van der Waals surface area contributed by atoms with Gasteiger partial charge in [0.15, 0.2) is 0 Å². The second-order valence-corrected chi connectivity index (χ2v) is 0.625. The predicted molar refractivity (Wildman–Crippen MR) is 15.9 cm³/mol. The zero-order valence-electron chi connectivity index (χ0n) is 2.50. The lowest BCUT2D eigenvalue weighted by atomic mass is 10.7. The minimum atomic E-state index is 2.50. The van der Waals surface area contributed by atoms with E-state index >= 15 is 0 Å². The van der Waals surface area contributed by atoms with Crippen LogP contribution in [0.1, 0.15) is 0 Å². The lowest BCUT2D eigenvalue weighted by Gasteiger charge is -1.81. The van der Waals surface area contributed by atoms with Crippen LogP contribution in [0.2, 0.25) is 0 Å². The maximum absolute atomic E-state index is 2.50. The van der Waals surface area contributed by atoms with Crippen molar-refractivity contribution >= 4 is 0 Å². The van der Waals surface area contributed by atoms with E-state index in [1.165, 1.54) is 0 Å². The Kier molecular flexibility index (Phi) is 0.834. The van der Waals surface area contributed by atoms with E-state index in [-0.39, 0.29) is 0 Å². The van der Waals surface area contributed by atoms with Gasteiger partial charge in [0.25, 0.3) is 0 Å². The van der Waals surface area contributed by atoms with Crippen molar-refractivity contribution in [2.75, 3.05) is 0 Å². The zero-order chi connectivity index (χ0) is 3.54. The summed E-state index contributed by atoms with van der Waals surface area (Å²) in [4.78, 5) is 0. The molecule has 1 saturated heterocycles. The van der Waals surface area contributed by atoms with Gasteiger partial charge in [-0.25, -0.2) is 10.9 Å². The van der Waals surface area contributed by atoms with Gasteiger partial charge in [0.1, 0.15) is 13.1 Å². The minimum absolute atomic E-state index is 2.50. The van der Waals surface area contributed by atoms with Gasteiger partial charge in [-0.15, -0.1) is 0 Å². The second-order valence-electron chi connectivity index (χ2n) is 0.625. The molecule has 0 amide bonds. The highest BCUT2D eigenvalue weighted by molar-refractivity contribution is 4.79. The molecule has 3 N–H and O–H groups in total. The fraction of sp³-hybridized carbons (Fsp3) is 0. The van der Waals surface area contributed by atoms with E-state index < -0.39 is 0 Å². The first kappa shape index (κ1) is 3.08. The van der Waals surface area contributed by atoms with Gasteiger partial charge in [0.05, 0.1) is 0 Å². The average Bonchev–Trinajstić information content (AvgIpc) is 1.76. The van der Waals surface area contributed by atoms with E-state index in [2.05, 4.69) is 29.5 Å². The molecule has 1 aliphatic rings. The SMILES string of the molecule is [C]1[C]NNN1. The molecule has 1 aliphatic heterocycles. The summed E-state index contributed by atoms with van der Waals surface area (Å²) in [7, 11) is 0. The summed E-state index contributed by atoms with van der Waals surface area (Å²) in [5.74, 6) is 0. The largest absolute Gasteiger partial charge is 0.232 e. The van der Waals surface area contributed by atoms with Crippen molar-refractivity contribution in [3.05, 3.63) is 13.1 Å². The summed E-state index contributed by atoms with van der Waals surface area (Å²) in [6.07, 6.45) is 0. The van der Waals surface area contributed by atoms with Crippen LogP contribution in [0.4, 0.5) is 0 Å². The maximum atomic E-state index is 2.50. The molecular formula is C2H3N3. The van der Waals surface area contributed by atoms with E-state index in [1.807, 2.05) is 0 Å². The van der Waals surface area contributed by atoms with Crippen molar-refractivity contribution in [3.8, 4) is 0 Å². The van der Waals surface area contributed by atoms with Crippen LogP contribution in [-0.4, -0.2) is 0 Å². The molecular weight excluding hydrogens is 66.0 g/mol. The highest BCUT2D eigenvalue weighted by atomic mass is 15.6. The summed E-state index contributed by atoms with van der Waals surface area (Å²) < 4.78 is 0. The topological polar surface area (TPSA) is 36.1 Å². The van der Waals surface area contributed by atoms with E-state index in [9.17, 15) is 0 Å². The summed E-state index contributed by atoms with van der Waals surface area (Å²) >= 11 is 0. The number of hydrazine groups is 2. The van der Waals surface area contributed by atoms with Crippen molar-refractivity contribution in [1.82, 2.24) is 16.4 Å². The van der Waals surface area contributed by atoms with Crippen LogP contribution >= 0.6 is 0 Å². The molecule has 1 heterocycles. The molecule has 4 radical (unpaired) electrons. The van der Waals surface area contributed by atoms with Gasteiger partial charge in [0.2, 0.25) is 0 Å². The van der Waals surface area contributed by atoms with Crippen LogP contribution in [0.3, 0.4) is 0 Å². The van der Waals surface area contributed by atoms with Crippen molar-refractivity contribution in [2.45, 2.75) is 0 Å². The molecule has 26 valence electrons. The Morgan fingerprint density at radius 1 is 1.00 bits per heavy atom. The van der Waals surface area contributed by atoms with E-state index in [0.29, 0.717) is 0 Å². The lowest BCUT2D eigenvalue weighted by Crippen LogP contribution is -2.28. The Hall–Kier alpha value is -0.120. The summed E-state index contributed by atoms with van der Waals surface area (Å²) in [6.45, 7) is 5.00. The third-order valence-corrected chi connectivity index (χ3v) is 0.312. The summed E-state index contributed by atoms with van der Waals surface area (Å²) in [5, 5.41) is 0. The smallest absolute Gasteiger partial charge is 0.104 e. The quantitative estimate of drug-likeness (QED) is 0.330. The van der Waals surface area contributed by atoms with Gasteiger partial charge in [-0.3, -0.25) is 0 Å². The number of rotatable bonds is 0. The van der Waals surface area contributed by atoms with E-state index in [4.69, 9.17) is 0 Å². The van der Waals surface area contributed by atoms with Crippen molar-refractivity contribution in [3.63, 3.8) is 0 Å². The lowest BCUT2D eigenvalue weighted by molar-refractivity contribution is 0.615. The molecule has 0 atom stereocenters. The van der Waals surface area contributed by atoms with Crippen molar-refractivity contribution in [1.29, 1.82) is 0 Å². The third kappa shape index (κ3) is 0.576. The number of hydrogen-bond donors (Lipinski definition) is 3. The molecule has 5 heavy (non-hydrogen) atoms. The Morgan fingerprint density at radius 2 is 1.60 bits per heavy atom. The third-order valence-electron chi connectivity index (χ3n) is 0.312. The monoisotopic (exact) mass is 69.0 g/mol.